The van der Waals surface area contributed by atoms with Gasteiger partial charge in [-0.1, -0.05) is 133 Å². The van der Waals surface area contributed by atoms with E-state index >= 15 is 0 Å². The summed E-state index contributed by atoms with van der Waals surface area (Å²) < 4.78 is 14.3. The molecule has 2 heteroatoms. The first-order chi connectivity index (χ1) is 18.8. The Morgan fingerprint density at radius 3 is 1.63 bits per heavy atom. The van der Waals surface area contributed by atoms with Crippen molar-refractivity contribution in [1.29, 1.82) is 0 Å². The van der Waals surface area contributed by atoms with Crippen LogP contribution in [0.3, 0.4) is 0 Å². The lowest BCUT2D eigenvalue weighted by atomic mass is 9.91. The standard InChI is InChI=1S/C36H22OS/c37-38-35-28(25-21-19-24(20-22-25)27-16-7-10-23-9-1-2-11-26(23)27)17-8-18-33(35)34-31-14-5-3-12-29(31)30-13-4-6-15-32(30)36(34)38/h1-22H. The van der Waals surface area contributed by atoms with Gasteiger partial charge in [0.25, 0.3) is 0 Å². The molecular weight excluding hydrogens is 480 g/mol. The summed E-state index contributed by atoms with van der Waals surface area (Å²) in [5.41, 5.74) is 6.72. The Morgan fingerprint density at radius 1 is 0.368 bits per heavy atom. The van der Waals surface area contributed by atoms with E-state index in [1.807, 2.05) is 6.07 Å². The van der Waals surface area contributed by atoms with Crippen LogP contribution < -0.4 is 0 Å². The molecule has 0 radical (unpaired) electrons. The van der Waals surface area contributed by atoms with Crippen LogP contribution in [0.2, 0.25) is 0 Å². The number of rotatable bonds is 2. The molecule has 38 heavy (non-hydrogen) atoms. The van der Waals surface area contributed by atoms with E-state index in [2.05, 4.69) is 127 Å². The molecule has 0 spiro atoms. The minimum atomic E-state index is -1.28. The van der Waals surface area contributed by atoms with E-state index < -0.39 is 10.8 Å². The second kappa shape index (κ2) is 8.24. The molecule has 1 aliphatic heterocycles. The van der Waals surface area contributed by atoms with Crippen molar-refractivity contribution in [2.75, 3.05) is 0 Å². The molecule has 0 saturated carbocycles. The molecule has 8 rings (SSSR count). The Morgan fingerprint density at radius 2 is 0.868 bits per heavy atom. The first-order valence-electron chi connectivity index (χ1n) is 12.9. The summed E-state index contributed by atoms with van der Waals surface area (Å²) in [6, 6.07) is 46.9. The molecular formula is C36H22OS. The highest BCUT2D eigenvalue weighted by atomic mass is 32.2. The second-order valence-electron chi connectivity index (χ2n) is 9.85. The van der Waals surface area contributed by atoms with Gasteiger partial charge in [0.1, 0.15) is 0 Å². The van der Waals surface area contributed by atoms with Crippen molar-refractivity contribution in [3.05, 3.63) is 133 Å². The maximum Gasteiger partial charge on any atom is 0.0875 e. The van der Waals surface area contributed by atoms with Crippen LogP contribution in [0.1, 0.15) is 0 Å². The van der Waals surface area contributed by atoms with Crippen LogP contribution in [0.4, 0.5) is 0 Å². The van der Waals surface area contributed by atoms with Crippen molar-refractivity contribution in [2.24, 2.45) is 0 Å². The van der Waals surface area contributed by atoms with Crippen LogP contribution in [0.5, 0.6) is 0 Å². The van der Waals surface area contributed by atoms with Gasteiger partial charge in [0.15, 0.2) is 0 Å². The van der Waals surface area contributed by atoms with Gasteiger partial charge in [-0.3, -0.25) is 0 Å². The molecule has 0 fully saturated rings. The Bertz CT molecular complexity index is 2080. The third kappa shape index (κ3) is 3.01. The predicted molar refractivity (Wildman–Crippen MR) is 160 cm³/mol. The van der Waals surface area contributed by atoms with Gasteiger partial charge in [-0.2, -0.15) is 0 Å². The molecule has 0 saturated heterocycles. The molecule has 0 bridgehead atoms. The SMILES string of the molecule is O=S1c2c(-c3ccc(-c4cccc5ccccc45)cc3)cccc2-c2c1c1ccccc1c1ccccc21. The maximum absolute atomic E-state index is 14.3. The first kappa shape index (κ1) is 21.5. The van der Waals surface area contributed by atoms with Crippen molar-refractivity contribution in [2.45, 2.75) is 9.79 Å². The molecule has 1 nitrogen and oxygen atoms in total. The minimum absolute atomic E-state index is 0.918. The highest BCUT2D eigenvalue weighted by Crippen LogP contribution is 2.51. The highest BCUT2D eigenvalue weighted by molar-refractivity contribution is 7.86. The summed E-state index contributed by atoms with van der Waals surface area (Å²) in [5.74, 6) is 0. The Labute approximate surface area is 223 Å². The highest BCUT2D eigenvalue weighted by Gasteiger charge is 2.32. The largest absolute Gasteiger partial charge is 0.249 e. The van der Waals surface area contributed by atoms with Gasteiger partial charge in [0.2, 0.25) is 0 Å². The van der Waals surface area contributed by atoms with E-state index in [-0.39, 0.29) is 0 Å². The van der Waals surface area contributed by atoms with Crippen molar-refractivity contribution >= 4 is 43.1 Å². The van der Waals surface area contributed by atoms with Crippen molar-refractivity contribution in [3.63, 3.8) is 0 Å². The quantitative estimate of drug-likeness (QED) is 0.215. The zero-order valence-corrected chi connectivity index (χ0v) is 21.3. The molecule has 0 aliphatic carbocycles. The van der Waals surface area contributed by atoms with Gasteiger partial charge < -0.3 is 0 Å². The van der Waals surface area contributed by atoms with Crippen molar-refractivity contribution in [1.82, 2.24) is 0 Å². The third-order valence-electron chi connectivity index (χ3n) is 7.84. The number of hydrogen-bond acceptors (Lipinski definition) is 1. The van der Waals surface area contributed by atoms with Crippen LogP contribution in [0.15, 0.2) is 143 Å². The molecule has 0 N–H and O–H groups in total. The van der Waals surface area contributed by atoms with Crippen LogP contribution in [-0.4, -0.2) is 4.21 Å². The molecule has 1 unspecified atom stereocenters. The van der Waals surface area contributed by atoms with Gasteiger partial charge in [-0.15, -0.1) is 0 Å². The van der Waals surface area contributed by atoms with Gasteiger partial charge in [0, 0.05) is 11.1 Å². The summed E-state index contributed by atoms with van der Waals surface area (Å²) >= 11 is 0. The lowest BCUT2D eigenvalue weighted by molar-refractivity contribution is 0.685. The lowest BCUT2D eigenvalue weighted by Crippen LogP contribution is -1.92. The Kier molecular flexibility index (Phi) is 4.67. The number of hydrogen-bond donors (Lipinski definition) is 0. The van der Waals surface area contributed by atoms with E-state index in [1.165, 1.54) is 27.3 Å². The fraction of sp³-hybridized carbons (Fsp3) is 0. The molecule has 0 aromatic heterocycles. The van der Waals surface area contributed by atoms with Crippen LogP contribution in [0, 0.1) is 0 Å². The normalized spacial score (nSPS) is 14.2. The van der Waals surface area contributed by atoms with Gasteiger partial charge in [-0.25, -0.2) is 4.21 Å². The van der Waals surface area contributed by atoms with Crippen molar-refractivity contribution in [3.8, 4) is 33.4 Å². The molecule has 0 amide bonds. The minimum Gasteiger partial charge on any atom is -0.249 e. The van der Waals surface area contributed by atoms with Gasteiger partial charge in [0.05, 0.1) is 20.6 Å². The summed E-state index contributed by atoms with van der Waals surface area (Å²) in [5, 5.41) is 7.09. The fourth-order valence-electron chi connectivity index (χ4n) is 6.14. The van der Waals surface area contributed by atoms with Crippen LogP contribution in [-0.2, 0) is 10.8 Å². The molecule has 1 heterocycles. The zero-order valence-electron chi connectivity index (χ0n) is 20.5. The average molecular weight is 503 g/mol. The predicted octanol–water partition coefficient (Wildman–Crippen LogP) is 9.63. The zero-order chi connectivity index (χ0) is 25.2. The monoisotopic (exact) mass is 502 g/mol. The lowest BCUT2D eigenvalue weighted by Gasteiger charge is -2.11. The first-order valence-corrected chi connectivity index (χ1v) is 14.0. The maximum atomic E-state index is 14.3. The average Bonchev–Trinajstić information content (AvgIpc) is 3.30. The van der Waals surface area contributed by atoms with Crippen molar-refractivity contribution < 1.29 is 4.21 Å². The summed E-state index contributed by atoms with van der Waals surface area (Å²) in [7, 11) is -1.28. The van der Waals surface area contributed by atoms with Gasteiger partial charge >= 0.3 is 0 Å². The van der Waals surface area contributed by atoms with E-state index in [1.54, 1.807) is 0 Å². The number of fused-ring (bicyclic) bond motifs is 9. The molecule has 7 aromatic carbocycles. The van der Waals surface area contributed by atoms with E-state index in [9.17, 15) is 4.21 Å². The topological polar surface area (TPSA) is 17.1 Å². The number of benzene rings is 7. The molecule has 7 aromatic rings. The Hall–Kier alpha value is -4.53. The Balaban J connectivity index is 1.32. The van der Waals surface area contributed by atoms with E-state index in [4.69, 9.17) is 0 Å². The van der Waals surface area contributed by atoms with Crippen LogP contribution >= 0.6 is 0 Å². The summed E-state index contributed by atoms with van der Waals surface area (Å²) in [6.45, 7) is 0. The molecule has 1 aliphatic rings. The summed E-state index contributed by atoms with van der Waals surface area (Å²) in [4.78, 5) is 1.86. The second-order valence-corrected chi connectivity index (χ2v) is 11.2. The molecule has 1 atom stereocenters. The van der Waals surface area contributed by atoms with E-state index in [0.717, 1.165) is 48.2 Å². The van der Waals surface area contributed by atoms with E-state index in [0.29, 0.717) is 0 Å². The third-order valence-corrected chi connectivity index (χ3v) is 9.44. The molecule has 178 valence electrons. The summed E-state index contributed by atoms with van der Waals surface area (Å²) in [6.07, 6.45) is 0. The van der Waals surface area contributed by atoms with Crippen LogP contribution in [0.25, 0.3) is 65.7 Å². The van der Waals surface area contributed by atoms with Gasteiger partial charge in [-0.05, 0) is 54.6 Å². The smallest absolute Gasteiger partial charge is 0.0875 e. The fourth-order valence-corrected chi connectivity index (χ4v) is 7.88.